The molecule has 1 aromatic carbocycles. The van der Waals surface area contributed by atoms with E-state index in [1.54, 1.807) is 19.1 Å². The van der Waals surface area contributed by atoms with Gasteiger partial charge in [-0.05, 0) is 43.0 Å². The van der Waals surface area contributed by atoms with Gasteiger partial charge in [0.15, 0.2) is 0 Å². The maximum absolute atomic E-state index is 11.1. The Morgan fingerprint density at radius 2 is 2.13 bits per heavy atom. The fourth-order valence-electron chi connectivity index (χ4n) is 5.37. The van der Waals surface area contributed by atoms with Crippen LogP contribution in [0.2, 0.25) is 5.02 Å². The summed E-state index contributed by atoms with van der Waals surface area (Å²) < 4.78 is 6.28. The number of fused-ring (bicyclic) bond motifs is 1. The van der Waals surface area contributed by atoms with Crippen LogP contribution >= 0.6 is 11.6 Å². The Kier molecular flexibility index (Phi) is 6.94. The molecule has 3 aliphatic heterocycles. The Labute approximate surface area is 188 Å². The van der Waals surface area contributed by atoms with Gasteiger partial charge in [0.05, 0.1) is 31.7 Å². The maximum Gasteiger partial charge on any atom is 0.141 e. The molecule has 31 heavy (non-hydrogen) atoms. The van der Waals surface area contributed by atoms with Crippen molar-refractivity contribution in [3.63, 3.8) is 0 Å². The Hall–Kier alpha value is -0.810. The fourth-order valence-corrected chi connectivity index (χ4v) is 5.56. The van der Waals surface area contributed by atoms with E-state index in [0.717, 1.165) is 31.5 Å². The highest BCUT2D eigenvalue weighted by atomic mass is 35.5. The van der Waals surface area contributed by atoms with E-state index in [-0.39, 0.29) is 24.9 Å². The number of rotatable bonds is 6. The summed E-state index contributed by atoms with van der Waals surface area (Å²) in [6.07, 6.45) is -0.0200. The van der Waals surface area contributed by atoms with E-state index in [1.165, 1.54) is 0 Å². The molecule has 4 rings (SSSR count). The van der Waals surface area contributed by atoms with E-state index in [0.29, 0.717) is 23.7 Å². The first-order chi connectivity index (χ1) is 14.8. The molecular formula is C22H35ClN4O4. The summed E-state index contributed by atoms with van der Waals surface area (Å²) in [5.74, 6) is 0.234. The molecule has 0 aromatic heterocycles. The molecule has 6 N–H and O–H groups in total. The van der Waals surface area contributed by atoms with Crippen molar-refractivity contribution in [3.05, 3.63) is 34.3 Å². The van der Waals surface area contributed by atoms with Crippen molar-refractivity contribution in [2.24, 2.45) is 11.7 Å². The first kappa shape index (κ1) is 23.4. The third-order valence-electron chi connectivity index (χ3n) is 7.25. The van der Waals surface area contributed by atoms with Crippen LogP contribution in [0.4, 0.5) is 0 Å². The quantitative estimate of drug-likeness (QED) is 0.420. The fraction of sp³-hybridized carbons (Fsp3) is 0.727. The molecule has 0 radical (unpaired) electrons. The van der Waals surface area contributed by atoms with Gasteiger partial charge < -0.3 is 25.8 Å². The predicted molar refractivity (Wildman–Crippen MR) is 118 cm³/mol. The zero-order valence-electron chi connectivity index (χ0n) is 18.2. The lowest BCUT2D eigenvalue weighted by Crippen LogP contribution is -2.65. The van der Waals surface area contributed by atoms with E-state index in [2.05, 4.69) is 22.0 Å². The molecule has 3 saturated heterocycles. The lowest BCUT2D eigenvalue weighted by Gasteiger charge is -2.44. The highest BCUT2D eigenvalue weighted by molar-refractivity contribution is 6.30. The standard InChI is InChI=1S/C22H35ClN4O4/c1-3-7-26-12-25-20-16(19(26)24)6-8-27(20)21-18(29)22(2,30)17(31-21)10-13-4-5-15(23)9-14(13)11-28/h4-5,9,16-21,25,28-30H,3,6-8,10-12,24H2,1-2H3/t16?,17-,18+,19?,20?,21-,22-/m1/s1. The van der Waals surface area contributed by atoms with Gasteiger partial charge in [0.2, 0.25) is 0 Å². The van der Waals surface area contributed by atoms with E-state index >= 15 is 0 Å². The number of aliphatic hydroxyl groups excluding tert-OH is 2. The third-order valence-corrected chi connectivity index (χ3v) is 7.49. The zero-order chi connectivity index (χ0) is 22.3. The number of hydrogen-bond donors (Lipinski definition) is 5. The summed E-state index contributed by atoms with van der Waals surface area (Å²) in [4.78, 5) is 4.37. The molecule has 0 bridgehead atoms. The lowest BCUT2D eigenvalue weighted by atomic mass is 9.89. The van der Waals surface area contributed by atoms with Crippen LogP contribution < -0.4 is 11.1 Å². The van der Waals surface area contributed by atoms with E-state index in [1.807, 2.05) is 6.07 Å². The zero-order valence-corrected chi connectivity index (χ0v) is 19.0. The van der Waals surface area contributed by atoms with Crippen molar-refractivity contribution in [1.82, 2.24) is 15.1 Å². The van der Waals surface area contributed by atoms with Crippen LogP contribution in [0, 0.1) is 5.92 Å². The Bertz CT molecular complexity index is 782. The number of aliphatic hydroxyl groups is 3. The van der Waals surface area contributed by atoms with Crippen LogP contribution in [0.5, 0.6) is 0 Å². The molecular weight excluding hydrogens is 420 g/mol. The number of halogens is 1. The minimum atomic E-state index is -1.43. The van der Waals surface area contributed by atoms with Gasteiger partial charge in [0.25, 0.3) is 0 Å². The molecule has 3 unspecified atom stereocenters. The Balaban J connectivity index is 1.50. The van der Waals surface area contributed by atoms with Crippen LogP contribution in [-0.4, -0.2) is 81.2 Å². The second-order valence-corrected chi connectivity index (χ2v) is 9.70. The van der Waals surface area contributed by atoms with Crippen LogP contribution in [-0.2, 0) is 17.8 Å². The monoisotopic (exact) mass is 454 g/mol. The average Bonchev–Trinajstić information content (AvgIpc) is 3.26. The van der Waals surface area contributed by atoms with Crippen LogP contribution in [0.1, 0.15) is 37.8 Å². The smallest absolute Gasteiger partial charge is 0.141 e. The molecule has 8 nitrogen and oxygen atoms in total. The molecule has 3 heterocycles. The number of hydrogen-bond acceptors (Lipinski definition) is 8. The molecule has 0 saturated carbocycles. The highest BCUT2D eigenvalue weighted by Crippen LogP contribution is 2.40. The molecule has 1 aromatic rings. The van der Waals surface area contributed by atoms with E-state index in [9.17, 15) is 15.3 Å². The summed E-state index contributed by atoms with van der Waals surface area (Å²) in [6, 6.07) is 5.31. The summed E-state index contributed by atoms with van der Waals surface area (Å²) >= 11 is 6.05. The van der Waals surface area contributed by atoms with E-state index < -0.39 is 24.0 Å². The van der Waals surface area contributed by atoms with Crippen molar-refractivity contribution >= 4 is 11.6 Å². The molecule has 7 atom stereocenters. The first-order valence-corrected chi connectivity index (χ1v) is 11.6. The highest BCUT2D eigenvalue weighted by Gasteiger charge is 2.57. The van der Waals surface area contributed by atoms with Crippen molar-refractivity contribution in [3.8, 4) is 0 Å². The maximum atomic E-state index is 11.1. The van der Waals surface area contributed by atoms with Gasteiger partial charge in [-0.15, -0.1) is 0 Å². The van der Waals surface area contributed by atoms with Gasteiger partial charge >= 0.3 is 0 Å². The molecule has 0 amide bonds. The summed E-state index contributed by atoms with van der Waals surface area (Å²) in [5, 5.41) is 36.0. The number of likely N-dealkylation sites (tertiary alicyclic amines) is 1. The predicted octanol–water partition coefficient (Wildman–Crippen LogP) is 0.417. The summed E-state index contributed by atoms with van der Waals surface area (Å²) in [7, 11) is 0. The van der Waals surface area contributed by atoms with Crippen molar-refractivity contribution in [2.75, 3.05) is 19.8 Å². The topological polar surface area (TPSA) is 114 Å². The van der Waals surface area contributed by atoms with Gasteiger partial charge in [-0.1, -0.05) is 24.6 Å². The molecule has 3 fully saturated rings. The average molecular weight is 455 g/mol. The van der Waals surface area contributed by atoms with Crippen molar-refractivity contribution in [1.29, 1.82) is 0 Å². The van der Waals surface area contributed by atoms with Gasteiger partial charge in [-0.2, -0.15) is 0 Å². The Morgan fingerprint density at radius 1 is 1.35 bits per heavy atom. The number of nitrogens with zero attached hydrogens (tertiary/aromatic N) is 2. The largest absolute Gasteiger partial charge is 0.392 e. The third kappa shape index (κ3) is 4.26. The second-order valence-electron chi connectivity index (χ2n) is 9.26. The molecule has 0 aliphatic carbocycles. The second kappa shape index (κ2) is 9.21. The first-order valence-electron chi connectivity index (χ1n) is 11.2. The number of nitrogens with two attached hydrogens (primary N) is 1. The van der Waals surface area contributed by atoms with Crippen molar-refractivity contribution < 1.29 is 20.1 Å². The van der Waals surface area contributed by atoms with Gasteiger partial charge in [0, 0.05) is 30.5 Å². The van der Waals surface area contributed by atoms with Crippen LogP contribution in [0.25, 0.3) is 0 Å². The van der Waals surface area contributed by atoms with E-state index in [4.69, 9.17) is 22.1 Å². The van der Waals surface area contributed by atoms with Crippen LogP contribution in [0.15, 0.2) is 18.2 Å². The van der Waals surface area contributed by atoms with Gasteiger partial charge in [0.1, 0.15) is 17.9 Å². The molecule has 9 heteroatoms. The molecule has 0 spiro atoms. The normalized spacial score (nSPS) is 39.2. The number of ether oxygens (including phenoxy) is 1. The Morgan fingerprint density at radius 3 is 2.84 bits per heavy atom. The van der Waals surface area contributed by atoms with Gasteiger partial charge in [-0.3, -0.25) is 15.1 Å². The lowest BCUT2D eigenvalue weighted by molar-refractivity contribution is -0.113. The number of benzene rings is 1. The minimum Gasteiger partial charge on any atom is -0.392 e. The summed E-state index contributed by atoms with van der Waals surface area (Å²) in [5.41, 5.74) is 6.66. The van der Waals surface area contributed by atoms with Crippen molar-refractivity contribution in [2.45, 2.75) is 76.1 Å². The molecule has 174 valence electrons. The van der Waals surface area contributed by atoms with Gasteiger partial charge in [-0.25, -0.2) is 0 Å². The minimum absolute atomic E-state index is 0.000779. The van der Waals surface area contributed by atoms with Crippen LogP contribution in [0.3, 0.4) is 0 Å². The number of nitrogens with one attached hydrogen (secondary N) is 1. The molecule has 3 aliphatic rings. The SMILES string of the molecule is CCCN1CNC2C(CCN2[C@@H]2O[C@H](Cc3ccc(Cl)cc3CO)[C@@](C)(O)[C@H]2O)C1N. The summed E-state index contributed by atoms with van der Waals surface area (Å²) in [6.45, 7) is 6.00.